The molecule has 2 aromatic carbocycles. The summed E-state index contributed by atoms with van der Waals surface area (Å²) in [4.78, 5) is 40.5. The Labute approximate surface area is 265 Å². The first-order valence-corrected chi connectivity index (χ1v) is 14.0. The fourth-order valence-corrected chi connectivity index (χ4v) is 4.96. The van der Waals surface area contributed by atoms with Crippen molar-refractivity contribution in [2.75, 3.05) is 20.3 Å². The van der Waals surface area contributed by atoms with Gasteiger partial charge in [0.1, 0.15) is 17.7 Å². The quantitative estimate of drug-likeness (QED) is 0.231. The van der Waals surface area contributed by atoms with E-state index < -0.39 is 18.2 Å². The highest BCUT2D eigenvalue weighted by molar-refractivity contribution is 7.59. The number of aromatic amines is 2. The number of H-pyrrole nitrogens is 2. The van der Waals surface area contributed by atoms with Gasteiger partial charge >= 0.3 is 6.09 Å². The van der Waals surface area contributed by atoms with Crippen LogP contribution in [0.4, 0.5) is 4.79 Å². The molecule has 2 amide bonds. The molecule has 0 saturated carbocycles. The van der Waals surface area contributed by atoms with Gasteiger partial charge in [0, 0.05) is 13.2 Å². The Balaban J connectivity index is 0.00000253. The number of carbonyl (C=O) groups is 2. The lowest BCUT2D eigenvalue weighted by atomic mass is 10.0. The second-order valence-corrected chi connectivity index (χ2v) is 10.2. The predicted molar refractivity (Wildman–Crippen MR) is 177 cm³/mol. The van der Waals surface area contributed by atoms with Gasteiger partial charge in [-0.3, -0.25) is 4.79 Å². The molecule has 3 heterocycles. The highest BCUT2D eigenvalue weighted by Gasteiger charge is 2.26. The highest BCUT2D eigenvalue weighted by atomic mass is 32.1. The van der Waals surface area contributed by atoms with E-state index in [9.17, 15) is 9.59 Å². The van der Waals surface area contributed by atoms with E-state index in [4.69, 9.17) is 9.47 Å². The standard InChI is InChI=1S/C31H36N6O4.2H2S/c1-20-32-18-27(34-20)23-11-7-21(8-12-23)22-9-13-24(14-10-22)28-19-33-29(35-28)25-15-17-41-16-5-3-4-6-26(30(38)36-25)37-31(39)40-2;;/h7-14,18-19,25-26H,3-6,15-17H2,1-2H3,(H,32,34)(H,33,35)(H,36,38)(H,37,39);2*1H2/t25-,26-;;/m0../s1. The number of rotatable bonds is 5. The molecular formula is C31H40N6O4S2. The second-order valence-electron chi connectivity index (χ2n) is 10.2. The molecule has 1 fully saturated rings. The number of hydrogen-bond acceptors (Lipinski definition) is 6. The SMILES string of the molecule is COC(=O)N[C@H]1CCCCCOCC[C@@H](c2ncc(-c3ccc(-c4ccc(-c5cnc(C)[nH]5)cc4)cc3)[nH]2)NC1=O.S.S. The molecule has 230 valence electrons. The molecule has 5 rings (SSSR count). The van der Waals surface area contributed by atoms with Crippen LogP contribution in [0.25, 0.3) is 33.6 Å². The number of nitrogens with one attached hydrogen (secondary N) is 4. The zero-order valence-electron chi connectivity index (χ0n) is 24.4. The number of nitrogens with zero attached hydrogens (tertiary/aromatic N) is 2. The van der Waals surface area contributed by atoms with Crippen molar-refractivity contribution >= 4 is 39.0 Å². The first-order chi connectivity index (χ1) is 20.0. The fraction of sp³-hybridized carbons (Fsp3) is 0.355. The van der Waals surface area contributed by atoms with Crippen LogP contribution in [0.3, 0.4) is 0 Å². The Kier molecular flexibility index (Phi) is 12.7. The number of methoxy groups -OCH3 is 1. The minimum absolute atomic E-state index is 0. The molecule has 2 aromatic heterocycles. The lowest BCUT2D eigenvalue weighted by Gasteiger charge is -2.23. The molecule has 0 bridgehead atoms. The van der Waals surface area contributed by atoms with Crippen LogP contribution >= 0.6 is 27.0 Å². The summed E-state index contributed by atoms with van der Waals surface area (Å²) < 4.78 is 10.5. The van der Waals surface area contributed by atoms with E-state index in [1.165, 1.54) is 7.11 Å². The van der Waals surface area contributed by atoms with Crippen molar-refractivity contribution in [3.8, 4) is 33.6 Å². The maximum absolute atomic E-state index is 13.1. The normalized spacial score (nSPS) is 17.7. The number of aryl methyl sites for hydroxylation is 1. The Morgan fingerprint density at radius 3 is 2.05 bits per heavy atom. The van der Waals surface area contributed by atoms with Crippen molar-refractivity contribution in [3.63, 3.8) is 0 Å². The van der Waals surface area contributed by atoms with E-state index in [-0.39, 0.29) is 32.9 Å². The summed E-state index contributed by atoms with van der Waals surface area (Å²) in [6, 6.07) is 15.6. The van der Waals surface area contributed by atoms with Gasteiger partial charge in [-0.15, -0.1) is 0 Å². The average Bonchev–Trinajstić information content (AvgIpc) is 3.66. The molecular weight excluding hydrogens is 585 g/mol. The second kappa shape index (κ2) is 16.2. The molecule has 4 N–H and O–H groups in total. The summed E-state index contributed by atoms with van der Waals surface area (Å²) in [6.45, 7) is 3.09. The third-order valence-corrected chi connectivity index (χ3v) is 7.30. The summed E-state index contributed by atoms with van der Waals surface area (Å²) in [5.41, 5.74) is 6.15. The third kappa shape index (κ3) is 8.88. The Morgan fingerprint density at radius 2 is 1.44 bits per heavy atom. The lowest BCUT2D eigenvalue weighted by Crippen LogP contribution is -2.48. The summed E-state index contributed by atoms with van der Waals surface area (Å²) >= 11 is 0. The molecule has 0 aliphatic carbocycles. The number of aromatic nitrogens is 4. The molecule has 0 spiro atoms. The summed E-state index contributed by atoms with van der Waals surface area (Å²) in [5, 5.41) is 5.72. The van der Waals surface area contributed by atoms with Gasteiger partial charge in [-0.2, -0.15) is 27.0 Å². The molecule has 10 nitrogen and oxygen atoms in total. The van der Waals surface area contributed by atoms with Crippen LogP contribution in [0.1, 0.15) is 49.8 Å². The molecule has 1 aliphatic heterocycles. The molecule has 0 radical (unpaired) electrons. The van der Waals surface area contributed by atoms with Crippen LogP contribution in [0.2, 0.25) is 0 Å². The van der Waals surface area contributed by atoms with Crippen LogP contribution in [-0.4, -0.2) is 58.3 Å². The van der Waals surface area contributed by atoms with Crippen LogP contribution < -0.4 is 10.6 Å². The zero-order valence-corrected chi connectivity index (χ0v) is 26.4. The number of benzene rings is 2. The van der Waals surface area contributed by atoms with Crippen LogP contribution in [0, 0.1) is 6.92 Å². The Hall–Kier alpha value is -3.74. The van der Waals surface area contributed by atoms with E-state index in [1.54, 1.807) is 6.20 Å². The van der Waals surface area contributed by atoms with E-state index >= 15 is 0 Å². The van der Waals surface area contributed by atoms with Gasteiger partial charge in [-0.25, -0.2) is 14.8 Å². The number of imidazole rings is 2. The van der Waals surface area contributed by atoms with Crippen LogP contribution in [0.15, 0.2) is 60.9 Å². The number of carbonyl (C=O) groups excluding carboxylic acids is 2. The first-order valence-electron chi connectivity index (χ1n) is 14.0. The number of ether oxygens (including phenoxy) is 2. The minimum Gasteiger partial charge on any atom is -0.453 e. The van der Waals surface area contributed by atoms with E-state index in [2.05, 4.69) is 79.1 Å². The maximum atomic E-state index is 13.1. The van der Waals surface area contributed by atoms with Crippen LogP contribution in [0.5, 0.6) is 0 Å². The minimum atomic E-state index is -0.676. The number of hydrogen-bond donors (Lipinski definition) is 4. The third-order valence-electron chi connectivity index (χ3n) is 7.30. The molecule has 1 saturated heterocycles. The molecule has 12 heteroatoms. The van der Waals surface area contributed by atoms with Gasteiger partial charge in [0.15, 0.2) is 0 Å². The largest absolute Gasteiger partial charge is 0.453 e. The van der Waals surface area contributed by atoms with E-state index in [0.29, 0.717) is 31.9 Å². The summed E-state index contributed by atoms with van der Waals surface area (Å²) in [5.74, 6) is 1.26. The molecule has 4 aromatic rings. The molecule has 1 aliphatic rings. The summed E-state index contributed by atoms with van der Waals surface area (Å²) in [7, 11) is 1.29. The molecule has 0 unspecified atom stereocenters. The number of alkyl carbamates (subject to hydrolysis) is 1. The van der Waals surface area contributed by atoms with Gasteiger partial charge in [0.05, 0.1) is 36.9 Å². The van der Waals surface area contributed by atoms with Crippen molar-refractivity contribution in [2.24, 2.45) is 0 Å². The van der Waals surface area contributed by atoms with Crippen molar-refractivity contribution < 1.29 is 19.1 Å². The van der Waals surface area contributed by atoms with Gasteiger partial charge in [0.2, 0.25) is 5.91 Å². The maximum Gasteiger partial charge on any atom is 0.407 e. The Bertz CT molecular complexity index is 1460. The first kappa shape index (κ1) is 33.8. The summed E-state index contributed by atoms with van der Waals surface area (Å²) in [6.07, 6.45) is 6.70. The highest BCUT2D eigenvalue weighted by Crippen LogP contribution is 2.27. The average molecular weight is 625 g/mol. The van der Waals surface area contributed by atoms with Crippen molar-refractivity contribution in [3.05, 3.63) is 72.6 Å². The monoisotopic (exact) mass is 624 g/mol. The van der Waals surface area contributed by atoms with Gasteiger partial charge < -0.3 is 30.1 Å². The van der Waals surface area contributed by atoms with Crippen molar-refractivity contribution in [1.82, 2.24) is 30.6 Å². The van der Waals surface area contributed by atoms with E-state index in [1.807, 2.05) is 13.1 Å². The smallest absolute Gasteiger partial charge is 0.407 e. The van der Waals surface area contributed by atoms with Crippen molar-refractivity contribution in [2.45, 2.75) is 51.1 Å². The van der Waals surface area contributed by atoms with Crippen LogP contribution in [-0.2, 0) is 14.3 Å². The lowest BCUT2D eigenvalue weighted by molar-refractivity contribution is -0.124. The fourth-order valence-electron chi connectivity index (χ4n) is 4.96. The van der Waals surface area contributed by atoms with Crippen molar-refractivity contribution in [1.29, 1.82) is 0 Å². The number of amides is 2. The topological polar surface area (TPSA) is 134 Å². The molecule has 43 heavy (non-hydrogen) atoms. The Morgan fingerprint density at radius 1 is 0.837 bits per heavy atom. The van der Waals surface area contributed by atoms with E-state index in [0.717, 1.165) is 58.7 Å². The van der Waals surface area contributed by atoms with Gasteiger partial charge in [-0.1, -0.05) is 61.4 Å². The van der Waals surface area contributed by atoms with Gasteiger partial charge in [-0.05, 0) is 48.4 Å². The zero-order chi connectivity index (χ0) is 28.6. The molecule has 2 atom stereocenters. The predicted octanol–water partition coefficient (Wildman–Crippen LogP) is 5.53. The van der Waals surface area contributed by atoms with Gasteiger partial charge in [0.25, 0.3) is 0 Å².